The van der Waals surface area contributed by atoms with Crippen molar-refractivity contribution in [2.45, 2.75) is 13.5 Å². The molecule has 0 unspecified atom stereocenters. The quantitative estimate of drug-likeness (QED) is 0.154. The summed E-state index contributed by atoms with van der Waals surface area (Å²) in [6.07, 6.45) is 1.49. The Labute approximate surface area is 223 Å². The van der Waals surface area contributed by atoms with E-state index in [9.17, 15) is 14.9 Å². The fourth-order valence-corrected chi connectivity index (χ4v) is 4.24. The Kier molecular flexibility index (Phi) is 8.02. The number of halogens is 1. The van der Waals surface area contributed by atoms with Gasteiger partial charge in [-0.2, -0.15) is 5.26 Å². The Morgan fingerprint density at radius 3 is 2.51 bits per heavy atom. The summed E-state index contributed by atoms with van der Waals surface area (Å²) in [5, 5.41) is 14.6. The van der Waals surface area contributed by atoms with Crippen LogP contribution in [0.2, 0.25) is 0 Å². The molecule has 6 nitrogen and oxygen atoms in total. The van der Waals surface area contributed by atoms with Crippen molar-refractivity contribution >= 4 is 50.3 Å². The molecule has 184 valence electrons. The molecule has 0 atom stereocenters. The van der Waals surface area contributed by atoms with Gasteiger partial charge < -0.3 is 14.8 Å². The highest BCUT2D eigenvalue weighted by Gasteiger charge is 2.14. The molecule has 37 heavy (non-hydrogen) atoms. The predicted molar refractivity (Wildman–Crippen MR) is 147 cm³/mol. The van der Waals surface area contributed by atoms with Crippen LogP contribution < -0.4 is 10.1 Å². The molecular weight excluding hydrogens is 532 g/mol. The maximum absolute atomic E-state index is 12.8. The van der Waals surface area contributed by atoms with Crippen molar-refractivity contribution in [1.82, 2.24) is 0 Å². The SMILES string of the molecule is COC(=O)c1ccc(NC(=O)/C(C#N)=C/c2cc(Br)ccc2OCc2c(C)ccc3ccccc23)cc1. The van der Waals surface area contributed by atoms with E-state index in [4.69, 9.17) is 4.74 Å². The number of esters is 1. The van der Waals surface area contributed by atoms with Gasteiger partial charge in [0, 0.05) is 21.3 Å². The number of benzene rings is 4. The van der Waals surface area contributed by atoms with Crippen LogP contribution in [0.3, 0.4) is 0 Å². The van der Waals surface area contributed by atoms with Gasteiger partial charge in [0.2, 0.25) is 0 Å². The van der Waals surface area contributed by atoms with Gasteiger partial charge in [0.1, 0.15) is 24.0 Å². The zero-order valence-electron chi connectivity index (χ0n) is 20.2. The predicted octanol–water partition coefficient (Wildman–Crippen LogP) is 6.82. The van der Waals surface area contributed by atoms with Crippen LogP contribution in [0.4, 0.5) is 5.69 Å². The van der Waals surface area contributed by atoms with E-state index in [1.807, 2.05) is 31.2 Å². The third-order valence-corrected chi connectivity index (χ3v) is 6.34. The first-order valence-corrected chi connectivity index (χ1v) is 12.2. The summed E-state index contributed by atoms with van der Waals surface area (Å²) in [7, 11) is 1.30. The molecule has 0 saturated carbocycles. The highest BCUT2D eigenvalue weighted by Crippen LogP contribution is 2.29. The highest BCUT2D eigenvalue weighted by molar-refractivity contribution is 9.10. The summed E-state index contributed by atoms with van der Waals surface area (Å²) in [5.41, 5.74) is 3.47. The monoisotopic (exact) mass is 554 g/mol. The van der Waals surface area contributed by atoms with Gasteiger partial charge in [-0.15, -0.1) is 0 Å². The van der Waals surface area contributed by atoms with Crippen LogP contribution in [-0.4, -0.2) is 19.0 Å². The number of ether oxygens (including phenoxy) is 2. The number of hydrogen-bond acceptors (Lipinski definition) is 5. The number of fused-ring (bicyclic) bond motifs is 1. The first kappa shape index (κ1) is 25.7. The molecule has 0 aliphatic heterocycles. The molecule has 0 aromatic heterocycles. The van der Waals surface area contributed by atoms with Crippen molar-refractivity contribution in [3.8, 4) is 11.8 Å². The number of nitrogens with zero attached hydrogens (tertiary/aromatic N) is 1. The normalized spacial score (nSPS) is 11.0. The Bertz CT molecular complexity index is 1550. The van der Waals surface area contributed by atoms with Crippen molar-refractivity contribution in [2.24, 2.45) is 0 Å². The first-order valence-electron chi connectivity index (χ1n) is 11.4. The van der Waals surface area contributed by atoms with E-state index in [0.717, 1.165) is 26.4 Å². The average molecular weight is 555 g/mol. The lowest BCUT2D eigenvalue weighted by atomic mass is 10.0. The molecule has 0 aliphatic carbocycles. The molecule has 7 heteroatoms. The third-order valence-electron chi connectivity index (χ3n) is 5.85. The molecule has 4 aromatic carbocycles. The smallest absolute Gasteiger partial charge is 0.337 e. The molecule has 1 N–H and O–H groups in total. The topological polar surface area (TPSA) is 88.4 Å². The maximum atomic E-state index is 12.8. The minimum atomic E-state index is -0.579. The summed E-state index contributed by atoms with van der Waals surface area (Å²) in [4.78, 5) is 24.5. The number of nitriles is 1. The fraction of sp³-hybridized carbons (Fsp3) is 0.100. The van der Waals surface area contributed by atoms with Crippen LogP contribution >= 0.6 is 15.9 Å². The van der Waals surface area contributed by atoms with Gasteiger partial charge in [0.05, 0.1) is 12.7 Å². The van der Waals surface area contributed by atoms with Gasteiger partial charge in [-0.1, -0.05) is 52.3 Å². The molecule has 0 radical (unpaired) electrons. The van der Waals surface area contributed by atoms with Gasteiger partial charge in [-0.25, -0.2) is 4.79 Å². The zero-order valence-corrected chi connectivity index (χ0v) is 21.8. The third kappa shape index (κ3) is 6.05. The average Bonchev–Trinajstić information content (AvgIpc) is 2.91. The number of methoxy groups -OCH3 is 1. The number of anilines is 1. The number of hydrogen-bond donors (Lipinski definition) is 1. The zero-order chi connectivity index (χ0) is 26.4. The molecule has 4 aromatic rings. The second-order valence-corrected chi connectivity index (χ2v) is 9.16. The summed E-state index contributed by atoms with van der Waals surface area (Å²) in [6.45, 7) is 2.37. The van der Waals surface area contributed by atoms with Crippen LogP contribution in [0.15, 0.2) is 88.9 Å². The molecule has 0 aliphatic rings. The van der Waals surface area contributed by atoms with Crippen LogP contribution in [-0.2, 0) is 16.1 Å². The largest absolute Gasteiger partial charge is 0.488 e. The minimum Gasteiger partial charge on any atom is -0.488 e. The number of carbonyl (C=O) groups excluding carboxylic acids is 2. The van der Waals surface area contributed by atoms with Gasteiger partial charge in [0.15, 0.2) is 0 Å². The fourth-order valence-electron chi connectivity index (χ4n) is 3.86. The van der Waals surface area contributed by atoms with E-state index >= 15 is 0 Å². The first-order chi connectivity index (χ1) is 17.9. The molecule has 0 bridgehead atoms. The van der Waals surface area contributed by atoms with Crippen LogP contribution in [0, 0.1) is 18.3 Å². The van der Waals surface area contributed by atoms with E-state index < -0.39 is 11.9 Å². The van der Waals surface area contributed by atoms with E-state index in [2.05, 4.69) is 50.2 Å². The van der Waals surface area contributed by atoms with Crippen molar-refractivity contribution < 1.29 is 19.1 Å². The van der Waals surface area contributed by atoms with Gasteiger partial charge in [0.25, 0.3) is 5.91 Å². The standard InChI is InChI=1S/C30H23BrN2O4/c1-19-7-8-20-5-3-4-6-26(20)27(19)18-37-28-14-11-24(31)16-22(28)15-23(17-32)29(34)33-25-12-9-21(10-13-25)30(35)36-2/h3-16H,18H2,1-2H3,(H,33,34)/b23-15+. The molecular formula is C30H23BrN2O4. The van der Waals surface area contributed by atoms with Gasteiger partial charge in [-0.05, 0) is 71.8 Å². The van der Waals surface area contributed by atoms with Crippen molar-refractivity contribution in [2.75, 3.05) is 12.4 Å². The summed E-state index contributed by atoms with van der Waals surface area (Å²) in [6, 6.07) is 25.9. The van der Waals surface area contributed by atoms with E-state index in [1.54, 1.807) is 24.3 Å². The molecule has 0 fully saturated rings. The molecule has 0 heterocycles. The second kappa shape index (κ2) is 11.5. The summed E-state index contributed by atoms with van der Waals surface area (Å²) < 4.78 is 11.7. The molecule has 4 rings (SSSR count). The highest BCUT2D eigenvalue weighted by atomic mass is 79.9. The van der Waals surface area contributed by atoms with E-state index in [1.165, 1.54) is 25.3 Å². The van der Waals surface area contributed by atoms with Crippen LogP contribution in [0.25, 0.3) is 16.8 Å². The van der Waals surface area contributed by atoms with Crippen molar-refractivity contribution in [3.05, 3.63) is 111 Å². The lowest BCUT2D eigenvalue weighted by molar-refractivity contribution is -0.112. The summed E-state index contributed by atoms with van der Waals surface area (Å²) >= 11 is 3.46. The Hall–Kier alpha value is -4.41. The van der Waals surface area contributed by atoms with Crippen LogP contribution in [0.5, 0.6) is 5.75 Å². The Balaban J connectivity index is 1.57. The Morgan fingerprint density at radius 1 is 1.03 bits per heavy atom. The van der Waals surface area contributed by atoms with Crippen molar-refractivity contribution in [1.29, 1.82) is 5.26 Å². The molecule has 1 amide bonds. The van der Waals surface area contributed by atoms with Crippen molar-refractivity contribution in [3.63, 3.8) is 0 Å². The number of nitrogens with one attached hydrogen (secondary N) is 1. The Morgan fingerprint density at radius 2 is 1.78 bits per heavy atom. The lowest BCUT2D eigenvalue weighted by Crippen LogP contribution is -2.13. The van der Waals surface area contributed by atoms with E-state index in [-0.39, 0.29) is 5.57 Å². The van der Waals surface area contributed by atoms with Gasteiger partial charge in [-0.3, -0.25) is 4.79 Å². The minimum absolute atomic E-state index is 0.0960. The van der Waals surface area contributed by atoms with Crippen LogP contribution in [0.1, 0.15) is 27.0 Å². The number of carbonyl (C=O) groups is 2. The number of aryl methyl sites for hydroxylation is 1. The number of rotatable bonds is 7. The molecule has 0 saturated heterocycles. The number of amides is 1. The maximum Gasteiger partial charge on any atom is 0.337 e. The molecule has 0 spiro atoms. The van der Waals surface area contributed by atoms with E-state index in [0.29, 0.717) is 29.2 Å². The van der Waals surface area contributed by atoms with Gasteiger partial charge >= 0.3 is 5.97 Å². The summed E-state index contributed by atoms with van der Waals surface area (Å²) in [5.74, 6) is -0.515. The second-order valence-electron chi connectivity index (χ2n) is 8.25. The lowest BCUT2D eigenvalue weighted by Gasteiger charge is -2.14.